The van der Waals surface area contributed by atoms with Gasteiger partial charge in [-0.1, -0.05) is 25.4 Å². The molecule has 0 saturated carbocycles. The van der Waals surface area contributed by atoms with Crippen LogP contribution in [0.4, 0.5) is 0 Å². The molecule has 2 rings (SSSR count). The van der Waals surface area contributed by atoms with Crippen LogP contribution >= 0.6 is 11.6 Å². The third-order valence-corrected chi connectivity index (χ3v) is 2.73. The van der Waals surface area contributed by atoms with E-state index in [0.717, 1.165) is 22.8 Å². The first-order valence-electron chi connectivity index (χ1n) is 5.68. The van der Waals surface area contributed by atoms with Crippen molar-refractivity contribution in [2.24, 2.45) is 0 Å². The van der Waals surface area contributed by atoms with Crippen molar-refractivity contribution in [1.82, 2.24) is 15.1 Å². The van der Waals surface area contributed by atoms with Gasteiger partial charge >= 0.3 is 0 Å². The van der Waals surface area contributed by atoms with E-state index in [0.29, 0.717) is 6.04 Å². The molecule has 17 heavy (non-hydrogen) atoms. The second-order valence-electron chi connectivity index (χ2n) is 4.26. The van der Waals surface area contributed by atoms with Crippen molar-refractivity contribution in [2.45, 2.75) is 26.4 Å². The molecule has 3 nitrogen and oxygen atoms in total. The van der Waals surface area contributed by atoms with Crippen LogP contribution in [0.1, 0.15) is 19.4 Å². The Morgan fingerprint density at radius 1 is 1.41 bits per heavy atom. The van der Waals surface area contributed by atoms with Crippen molar-refractivity contribution in [1.29, 1.82) is 0 Å². The molecule has 90 valence electrons. The average molecular weight is 250 g/mol. The van der Waals surface area contributed by atoms with Crippen LogP contribution in [0.15, 0.2) is 36.7 Å². The van der Waals surface area contributed by atoms with Gasteiger partial charge in [0.25, 0.3) is 0 Å². The van der Waals surface area contributed by atoms with E-state index in [2.05, 4.69) is 24.3 Å². The summed E-state index contributed by atoms with van der Waals surface area (Å²) in [5.41, 5.74) is 2.21. The Kier molecular flexibility index (Phi) is 3.82. The molecule has 0 amide bonds. The molecule has 0 unspecified atom stereocenters. The summed E-state index contributed by atoms with van der Waals surface area (Å²) >= 11 is 6.04. The Balaban J connectivity index is 2.31. The summed E-state index contributed by atoms with van der Waals surface area (Å²) in [7, 11) is 0. The maximum absolute atomic E-state index is 6.04. The van der Waals surface area contributed by atoms with Crippen LogP contribution in [0.25, 0.3) is 5.69 Å². The smallest absolute Gasteiger partial charge is 0.0691 e. The summed E-state index contributed by atoms with van der Waals surface area (Å²) in [5.74, 6) is 0. The van der Waals surface area contributed by atoms with Crippen LogP contribution < -0.4 is 5.32 Å². The van der Waals surface area contributed by atoms with E-state index in [-0.39, 0.29) is 0 Å². The van der Waals surface area contributed by atoms with Crippen molar-refractivity contribution < 1.29 is 0 Å². The maximum atomic E-state index is 6.04. The first-order chi connectivity index (χ1) is 8.16. The van der Waals surface area contributed by atoms with Gasteiger partial charge in [0, 0.05) is 30.0 Å². The number of hydrogen-bond acceptors (Lipinski definition) is 2. The van der Waals surface area contributed by atoms with Crippen LogP contribution in [0.5, 0.6) is 0 Å². The summed E-state index contributed by atoms with van der Waals surface area (Å²) in [4.78, 5) is 0. The molecular weight excluding hydrogens is 234 g/mol. The summed E-state index contributed by atoms with van der Waals surface area (Å²) in [5, 5.41) is 8.39. The zero-order chi connectivity index (χ0) is 12.3. The van der Waals surface area contributed by atoms with E-state index in [1.165, 1.54) is 0 Å². The maximum Gasteiger partial charge on any atom is 0.0691 e. The first kappa shape index (κ1) is 12.1. The van der Waals surface area contributed by atoms with E-state index in [4.69, 9.17) is 11.6 Å². The zero-order valence-corrected chi connectivity index (χ0v) is 10.8. The average Bonchev–Trinajstić information content (AvgIpc) is 2.80. The van der Waals surface area contributed by atoms with Crippen LogP contribution in [0, 0.1) is 0 Å². The minimum Gasteiger partial charge on any atom is -0.310 e. The molecule has 1 aromatic heterocycles. The fraction of sp³-hybridized carbons (Fsp3) is 0.308. The van der Waals surface area contributed by atoms with Gasteiger partial charge in [0.05, 0.1) is 5.69 Å². The largest absolute Gasteiger partial charge is 0.310 e. The Bertz CT molecular complexity index is 477. The number of nitrogens with zero attached hydrogens (tertiary/aromatic N) is 2. The molecule has 0 aliphatic rings. The number of halogens is 1. The Labute approximate surface area is 106 Å². The quantitative estimate of drug-likeness (QED) is 0.903. The molecule has 1 aromatic carbocycles. The molecule has 0 atom stereocenters. The third kappa shape index (κ3) is 3.08. The first-order valence-corrected chi connectivity index (χ1v) is 6.06. The van der Waals surface area contributed by atoms with E-state index >= 15 is 0 Å². The van der Waals surface area contributed by atoms with Crippen LogP contribution in [-0.4, -0.2) is 15.8 Å². The van der Waals surface area contributed by atoms with Gasteiger partial charge in [-0.2, -0.15) is 5.10 Å². The van der Waals surface area contributed by atoms with Crippen LogP contribution in [-0.2, 0) is 6.54 Å². The third-order valence-electron chi connectivity index (χ3n) is 2.49. The van der Waals surface area contributed by atoms with Crippen molar-refractivity contribution >= 4 is 11.6 Å². The predicted molar refractivity (Wildman–Crippen MR) is 70.5 cm³/mol. The Hall–Kier alpha value is -1.32. The number of nitrogens with one attached hydrogen (secondary N) is 1. The summed E-state index contributed by atoms with van der Waals surface area (Å²) in [6.45, 7) is 5.03. The van der Waals surface area contributed by atoms with E-state index in [9.17, 15) is 0 Å². The van der Waals surface area contributed by atoms with E-state index in [1.807, 2.05) is 35.1 Å². The second kappa shape index (κ2) is 5.34. The minimum absolute atomic E-state index is 0.444. The second-order valence-corrected chi connectivity index (χ2v) is 4.70. The Morgan fingerprint density at radius 3 is 2.88 bits per heavy atom. The fourth-order valence-electron chi connectivity index (χ4n) is 1.64. The SMILES string of the molecule is CC(C)NCc1cc(Cl)ccc1-n1cccn1. The van der Waals surface area contributed by atoms with Crippen LogP contribution in [0.3, 0.4) is 0 Å². The molecule has 0 fully saturated rings. The topological polar surface area (TPSA) is 29.9 Å². The summed E-state index contributed by atoms with van der Waals surface area (Å²) in [6.07, 6.45) is 3.70. The lowest BCUT2D eigenvalue weighted by Crippen LogP contribution is -2.22. The molecule has 0 bridgehead atoms. The van der Waals surface area contributed by atoms with Crippen LogP contribution in [0.2, 0.25) is 5.02 Å². The summed E-state index contributed by atoms with van der Waals surface area (Å²) < 4.78 is 1.85. The molecule has 0 aliphatic carbocycles. The van der Waals surface area contributed by atoms with Gasteiger partial charge in [-0.15, -0.1) is 0 Å². The summed E-state index contributed by atoms with van der Waals surface area (Å²) in [6, 6.07) is 8.21. The van der Waals surface area contributed by atoms with Gasteiger partial charge in [-0.25, -0.2) is 4.68 Å². The molecule has 1 heterocycles. The minimum atomic E-state index is 0.444. The standard InChI is InChI=1S/C13H16ClN3/c1-10(2)15-9-11-8-12(14)4-5-13(11)17-7-3-6-16-17/h3-8,10,15H,9H2,1-2H3. The molecule has 0 saturated heterocycles. The normalized spacial score (nSPS) is 11.1. The molecular formula is C13H16ClN3. The zero-order valence-electron chi connectivity index (χ0n) is 10.0. The predicted octanol–water partition coefficient (Wildman–Crippen LogP) is 3.02. The van der Waals surface area contributed by atoms with E-state index in [1.54, 1.807) is 6.20 Å². The lowest BCUT2D eigenvalue weighted by molar-refractivity contribution is 0.586. The molecule has 4 heteroatoms. The highest BCUT2D eigenvalue weighted by Gasteiger charge is 2.06. The molecule has 1 N–H and O–H groups in total. The highest BCUT2D eigenvalue weighted by atomic mass is 35.5. The molecule has 0 aliphatic heterocycles. The van der Waals surface area contributed by atoms with Crippen molar-refractivity contribution in [3.63, 3.8) is 0 Å². The van der Waals surface area contributed by atoms with Gasteiger partial charge < -0.3 is 5.32 Å². The lowest BCUT2D eigenvalue weighted by Gasteiger charge is -2.13. The number of hydrogen-bond donors (Lipinski definition) is 1. The molecule has 0 radical (unpaired) electrons. The van der Waals surface area contributed by atoms with E-state index < -0.39 is 0 Å². The number of aromatic nitrogens is 2. The van der Waals surface area contributed by atoms with Gasteiger partial charge in [-0.3, -0.25) is 0 Å². The number of benzene rings is 1. The van der Waals surface area contributed by atoms with Gasteiger partial charge in [-0.05, 0) is 29.8 Å². The molecule has 2 aromatic rings. The lowest BCUT2D eigenvalue weighted by atomic mass is 10.1. The van der Waals surface area contributed by atoms with Crippen molar-refractivity contribution in [3.05, 3.63) is 47.2 Å². The molecule has 0 spiro atoms. The Morgan fingerprint density at radius 2 is 2.24 bits per heavy atom. The highest BCUT2D eigenvalue weighted by molar-refractivity contribution is 6.30. The van der Waals surface area contributed by atoms with Gasteiger partial charge in [0.15, 0.2) is 0 Å². The fourth-order valence-corrected chi connectivity index (χ4v) is 1.84. The van der Waals surface area contributed by atoms with Gasteiger partial charge in [0.2, 0.25) is 0 Å². The highest BCUT2D eigenvalue weighted by Crippen LogP contribution is 2.19. The van der Waals surface area contributed by atoms with Crippen molar-refractivity contribution in [2.75, 3.05) is 0 Å². The van der Waals surface area contributed by atoms with Gasteiger partial charge in [0.1, 0.15) is 0 Å². The monoisotopic (exact) mass is 249 g/mol. The number of rotatable bonds is 4. The van der Waals surface area contributed by atoms with Crippen molar-refractivity contribution in [3.8, 4) is 5.69 Å².